The van der Waals surface area contributed by atoms with Gasteiger partial charge in [-0.05, 0) is 30.2 Å². The van der Waals surface area contributed by atoms with Crippen LogP contribution in [0.25, 0.3) is 0 Å². The lowest BCUT2D eigenvalue weighted by Gasteiger charge is -2.17. The molecule has 3 N–H and O–H groups in total. The van der Waals surface area contributed by atoms with Gasteiger partial charge in [0.25, 0.3) is 0 Å². The summed E-state index contributed by atoms with van der Waals surface area (Å²) in [6, 6.07) is 5.68. The van der Waals surface area contributed by atoms with Crippen LogP contribution < -0.4 is 15.8 Å². The van der Waals surface area contributed by atoms with Gasteiger partial charge in [-0.25, -0.2) is 0 Å². The Hall–Kier alpha value is -1.55. The highest BCUT2D eigenvalue weighted by molar-refractivity contribution is 5.93. The number of rotatable bonds is 3. The Morgan fingerprint density at radius 2 is 2.27 bits per heavy atom. The Morgan fingerprint density at radius 3 is 3.07 bits per heavy atom. The maximum absolute atomic E-state index is 11.1. The molecule has 4 heteroatoms. The summed E-state index contributed by atoms with van der Waals surface area (Å²) in [6.07, 6.45) is 1.33. The zero-order valence-electron chi connectivity index (χ0n) is 8.45. The van der Waals surface area contributed by atoms with Crippen molar-refractivity contribution in [2.45, 2.75) is 12.8 Å². The first kappa shape index (κ1) is 9.98. The molecule has 15 heavy (non-hydrogen) atoms. The summed E-state index contributed by atoms with van der Waals surface area (Å²) >= 11 is 0. The van der Waals surface area contributed by atoms with Crippen molar-refractivity contribution >= 4 is 11.6 Å². The maximum atomic E-state index is 11.1. The molecule has 1 aliphatic heterocycles. The van der Waals surface area contributed by atoms with E-state index in [1.807, 2.05) is 18.2 Å². The first-order valence-electron chi connectivity index (χ1n) is 5.05. The molecule has 0 bridgehead atoms. The molecule has 1 heterocycles. The minimum absolute atomic E-state index is 0.0816. The first-order valence-corrected chi connectivity index (χ1v) is 5.05. The van der Waals surface area contributed by atoms with Gasteiger partial charge >= 0.3 is 0 Å². The van der Waals surface area contributed by atoms with Gasteiger partial charge in [-0.15, -0.1) is 0 Å². The third-order valence-electron chi connectivity index (χ3n) is 2.36. The number of fused-ring (bicyclic) bond motifs is 1. The van der Waals surface area contributed by atoms with Crippen LogP contribution in [-0.4, -0.2) is 19.1 Å². The molecule has 1 aliphatic rings. The second-order valence-corrected chi connectivity index (χ2v) is 3.50. The van der Waals surface area contributed by atoms with Gasteiger partial charge in [0, 0.05) is 18.7 Å². The molecule has 1 amide bonds. The number of carbonyl (C=O) groups excluding carboxylic acids is 1. The minimum Gasteiger partial charge on any atom is -0.492 e. The van der Waals surface area contributed by atoms with E-state index in [0.717, 1.165) is 23.4 Å². The van der Waals surface area contributed by atoms with Crippen LogP contribution in [0.15, 0.2) is 18.2 Å². The van der Waals surface area contributed by atoms with Crippen LogP contribution in [0.5, 0.6) is 5.75 Å². The number of amides is 1. The Balaban J connectivity index is 2.15. The van der Waals surface area contributed by atoms with E-state index < -0.39 is 0 Å². The number of anilines is 1. The maximum Gasteiger partial charge on any atom is 0.224 e. The summed E-state index contributed by atoms with van der Waals surface area (Å²) < 4.78 is 5.41. The van der Waals surface area contributed by atoms with Gasteiger partial charge in [0.2, 0.25) is 5.91 Å². The van der Waals surface area contributed by atoms with E-state index in [-0.39, 0.29) is 5.91 Å². The smallest absolute Gasteiger partial charge is 0.224 e. The molecule has 80 valence electrons. The summed E-state index contributed by atoms with van der Waals surface area (Å²) in [5.41, 5.74) is 7.37. The van der Waals surface area contributed by atoms with Gasteiger partial charge in [-0.2, -0.15) is 0 Å². The number of hydrogen-bond acceptors (Lipinski definition) is 3. The number of ether oxygens (including phenoxy) is 1. The van der Waals surface area contributed by atoms with Crippen molar-refractivity contribution in [2.75, 3.05) is 18.5 Å². The first-order chi connectivity index (χ1) is 7.29. The molecule has 0 radical (unpaired) electrons. The van der Waals surface area contributed by atoms with Crippen molar-refractivity contribution in [3.63, 3.8) is 0 Å². The Morgan fingerprint density at radius 1 is 1.40 bits per heavy atom. The van der Waals surface area contributed by atoms with Crippen molar-refractivity contribution in [1.82, 2.24) is 0 Å². The molecule has 1 aromatic carbocycles. The lowest BCUT2D eigenvalue weighted by Crippen LogP contribution is -2.19. The summed E-state index contributed by atoms with van der Waals surface area (Å²) in [7, 11) is 0. The molecule has 0 aromatic heterocycles. The SMILES string of the molecule is NCCOc1ccc2c(c1)CCC(=O)N2. The summed E-state index contributed by atoms with van der Waals surface area (Å²) in [4.78, 5) is 11.1. The van der Waals surface area contributed by atoms with Crippen molar-refractivity contribution < 1.29 is 9.53 Å². The fourth-order valence-corrected chi connectivity index (χ4v) is 1.63. The Kier molecular flexibility index (Phi) is 2.87. The van der Waals surface area contributed by atoms with Gasteiger partial charge in [0.1, 0.15) is 12.4 Å². The van der Waals surface area contributed by atoms with Gasteiger partial charge in [-0.3, -0.25) is 4.79 Å². The van der Waals surface area contributed by atoms with E-state index in [2.05, 4.69) is 5.32 Å². The number of nitrogens with two attached hydrogens (primary N) is 1. The highest BCUT2D eigenvalue weighted by Crippen LogP contribution is 2.26. The molecule has 0 aliphatic carbocycles. The van der Waals surface area contributed by atoms with E-state index in [0.29, 0.717) is 19.6 Å². The number of nitrogens with one attached hydrogen (secondary N) is 1. The number of benzene rings is 1. The Bertz CT molecular complexity index is 377. The zero-order valence-corrected chi connectivity index (χ0v) is 8.45. The second-order valence-electron chi connectivity index (χ2n) is 3.50. The normalized spacial score (nSPS) is 14.3. The molecule has 4 nitrogen and oxygen atoms in total. The van der Waals surface area contributed by atoms with Crippen LogP contribution >= 0.6 is 0 Å². The van der Waals surface area contributed by atoms with Gasteiger partial charge in [0.15, 0.2) is 0 Å². The van der Waals surface area contributed by atoms with E-state index in [4.69, 9.17) is 10.5 Å². The van der Waals surface area contributed by atoms with Crippen molar-refractivity contribution in [3.8, 4) is 5.75 Å². The fourth-order valence-electron chi connectivity index (χ4n) is 1.63. The monoisotopic (exact) mass is 206 g/mol. The predicted molar refractivity (Wildman–Crippen MR) is 57.9 cm³/mol. The predicted octanol–water partition coefficient (Wildman–Crippen LogP) is 0.909. The molecular weight excluding hydrogens is 192 g/mol. The average Bonchev–Trinajstić information content (AvgIpc) is 2.26. The van der Waals surface area contributed by atoms with Gasteiger partial charge < -0.3 is 15.8 Å². The van der Waals surface area contributed by atoms with E-state index in [1.165, 1.54) is 0 Å². The summed E-state index contributed by atoms with van der Waals surface area (Å²) in [6.45, 7) is 1.03. The van der Waals surface area contributed by atoms with Crippen molar-refractivity contribution in [2.24, 2.45) is 5.73 Å². The van der Waals surface area contributed by atoms with E-state index in [9.17, 15) is 4.79 Å². The van der Waals surface area contributed by atoms with Gasteiger partial charge in [-0.1, -0.05) is 0 Å². The van der Waals surface area contributed by atoms with Crippen LogP contribution in [0.3, 0.4) is 0 Å². The molecule has 0 unspecified atom stereocenters. The van der Waals surface area contributed by atoms with Crippen LogP contribution in [-0.2, 0) is 11.2 Å². The fraction of sp³-hybridized carbons (Fsp3) is 0.364. The highest BCUT2D eigenvalue weighted by atomic mass is 16.5. The van der Waals surface area contributed by atoms with Crippen molar-refractivity contribution in [1.29, 1.82) is 0 Å². The minimum atomic E-state index is 0.0816. The lowest BCUT2D eigenvalue weighted by atomic mass is 10.0. The zero-order chi connectivity index (χ0) is 10.7. The number of carbonyl (C=O) groups is 1. The average molecular weight is 206 g/mol. The number of hydrogen-bond donors (Lipinski definition) is 2. The van der Waals surface area contributed by atoms with Crippen LogP contribution in [0.2, 0.25) is 0 Å². The van der Waals surface area contributed by atoms with Crippen LogP contribution in [0.4, 0.5) is 5.69 Å². The molecule has 0 fully saturated rings. The standard InChI is InChI=1S/C11H14N2O2/c12-5-6-15-9-2-3-10-8(7-9)1-4-11(14)13-10/h2-3,7H,1,4-6,12H2,(H,13,14). The second kappa shape index (κ2) is 4.31. The van der Waals surface area contributed by atoms with Gasteiger partial charge in [0.05, 0.1) is 0 Å². The Labute approximate surface area is 88.4 Å². The molecule has 1 aromatic rings. The molecule has 0 spiro atoms. The van der Waals surface area contributed by atoms with E-state index in [1.54, 1.807) is 0 Å². The topological polar surface area (TPSA) is 64.3 Å². The largest absolute Gasteiger partial charge is 0.492 e. The lowest BCUT2D eigenvalue weighted by molar-refractivity contribution is -0.116. The van der Waals surface area contributed by atoms with Crippen LogP contribution in [0, 0.1) is 0 Å². The summed E-state index contributed by atoms with van der Waals surface area (Å²) in [5, 5.41) is 2.82. The molecular formula is C11H14N2O2. The van der Waals surface area contributed by atoms with Crippen molar-refractivity contribution in [3.05, 3.63) is 23.8 Å². The molecule has 0 atom stereocenters. The van der Waals surface area contributed by atoms with E-state index >= 15 is 0 Å². The van der Waals surface area contributed by atoms with Crippen LogP contribution in [0.1, 0.15) is 12.0 Å². The molecule has 2 rings (SSSR count). The quantitative estimate of drug-likeness (QED) is 0.772. The highest BCUT2D eigenvalue weighted by Gasteiger charge is 2.14. The number of aryl methyl sites for hydroxylation is 1. The summed E-state index contributed by atoms with van der Waals surface area (Å²) in [5.74, 6) is 0.897. The third kappa shape index (κ3) is 2.27. The molecule has 0 saturated heterocycles. The molecule has 0 saturated carbocycles. The third-order valence-corrected chi connectivity index (χ3v) is 2.36.